The van der Waals surface area contributed by atoms with E-state index in [4.69, 9.17) is 9.47 Å². The number of nitrogens with one attached hydrogen (secondary N) is 2. The van der Waals surface area contributed by atoms with Gasteiger partial charge in [0.2, 0.25) is 5.91 Å². The Morgan fingerprint density at radius 1 is 1.63 bits per heavy atom. The first-order valence-electron chi connectivity index (χ1n) is 6.15. The molecule has 0 bridgehead atoms. The molecular weight excluding hydrogens is 312 g/mol. The van der Waals surface area contributed by atoms with Crippen molar-refractivity contribution < 1.29 is 14.3 Å². The fourth-order valence-corrected chi connectivity index (χ4v) is 2.23. The van der Waals surface area contributed by atoms with Gasteiger partial charge in [-0.2, -0.15) is 0 Å². The van der Waals surface area contributed by atoms with Crippen molar-refractivity contribution in [3.8, 4) is 5.75 Å². The molecule has 2 rings (SSSR count). The van der Waals surface area contributed by atoms with Crippen LogP contribution in [0.1, 0.15) is 6.42 Å². The summed E-state index contributed by atoms with van der Waals surface area (Å²) in [7, 11) is 1.59. The summed E-state index contributed by atoms with van der Waals surface area (Å²) in [5.74, 6) is 0.636. The highest BCUT2D eigenvalue weighted by Gasteiger charge is 2.18. The minimum Gasteiger partial charge on any atom is -0.497 e. The van der Waals surface area contributed by atoms with Crippen molar-refractivity contribution in [3.63, 3.8) is 0 Å². The smallest absolute Gasteiger partial charge is 0.227 e. The standard InChI is InChI=1S/C13H17BrN2O3/c1-18-9-2-3-11(14)12(6-9)16-13(17)7-10-8-15-4-5-19-10/h2-3,6,10,15H,4-5,7-8H2,1H3,(H,16,17). The van der Waals surface area contributed by atoms with Crippen LogP contribution in [0.25, 0.3) is 0 Å². The molecule has 1 aliphatic heterocycles. The molecule has 1 unspecified atom stereocenters. The summed E-state index contributed by atoms with van der Waals surface area (Å²) >= 11 is 3.40. The monoisotopic (exact) mass is 328 g/mol. The van der Waals surface area contributed by atoms with E-state index in [1.54, 1.807) is 13.2 Å². The van der Waals surface area contributed by atoms with E-state index in [2.05, 4.69) is 26.6 Å². The third-order valence-corrected chi connectivity index (χ3v) is 3.56. The number of benzene rings is 1. The van der Waals surface area contributed by atoms with E-state index < -0.39 is 0 Å². The highest BCUT2D eigenvalue weighted by Crippen LogP contribution is 2.27. The van der Waals surface area contributed by atoms with Gasteiger partial charge in [-0.05, 0) is 28.1 Å². The van der Waals surface area contributed by atoms with E-state index in [0.717, 1.165) is 11.0 Å². The molecule has 0 aliphatic carbocycles. The molecule has 1 heterocycles. The predicted octanol–water partition coefficient (Wildman–Crippen LogP) is 1.77. The fourth-order valence-electron chi connectivity index (χ4n) is 1.89. The Kier molecular flexibility index (Phi) is 5.18. The molecule has 1 atom stereocenters. The second-order valence-corrected chi connectivity index (χ2v) is 5.15. The van der Waals surface area contributed by atoms with Crippen molar-refractivity contribution in [1.82, 2.24) is 5.32 Å². The summed E-state index contributed by atoms with van der Waals surface area (Å²) in [4.78, 5) is 12.0. The summed E-state index contributed by atoms with van der Waals surface area (Å²) in [6.07, 6.45) is 0.287. The molecule has 1 fully saturated rings. The Labute approximate surface area is 120 Å². The minimum absolute atomic E-state index is 0.0573. The predicted molar refractivity (Wildman–Crippen MR) is 76.6 cm³/mol. The van der Waals surface area contributed by atoms with Gasteiger partial charge in [0.15, 0.2) is 0 Å². The van der Waals surface area contributed by atoms with E-state index in [9.17, 15) is 4.79 Å². The van der Waals surface area contributed by atoms with Crippen LogP contribution < -0.4 is 15.4 Å². The van der Waals surface area contributed by atoms with Crippen LogP contribution in [0.3, 0.4) is 0 Å². The van der Waals surface area contributed by atoms with Crippen LogP contribution in [0.5, 0.6) is 5.75 Å². The number of carbonyl (C=O) groups is 1. The Bertz CT molecular complexity index is 448. The van der Waals surface area contributed by atoms with E-state index in [-0.39, 0.29) is 12.0 Å². The molecule has 1 saturated heterocycles. The summed E-state index contributed by atoms with van der Waals surface area (Å²) < 4.78 is 11.5. The molecule has 0 radical (unpaired) electrons. The molecule has 6 heteroatoms. The third-order valence-electron chi connectivity index (χ3n) is 2.87. The topological polar surface area (TPSA) is 59.6 Å². The van der Waals surface area contributed by atoms with E-state index in [0.29, 0.717) is 31.0 Å². The average molecular weight is 329 g/mol. The van der Waals surface area contributed by atoms with Gasteiger partial charge >= 0.3 is 0 Å². The molecular formula is C13H17BrN2O3. The lowest BCUT2D eigenvalue weighted by molar-refractivity contribution is -0.119. The number of halogens is 1. The van der Waals surface area contributed by atoms with Crippen molar-refractivity contribution in [3.05, 3.63) is 22.7 Å². The van der Waals surface area contributed by atoms with Gasteiger partial charge in [-0.25, -0.2) is 0 Å². The van der Waals surface area contributed by atoms with Crippen LogP contribution >= 0.6 is 15.9 Å². The maximum atomic E-state index is 12.0. The summed E-state index contributed by atoms with van der Waals surface area (Å²) in [5.41, 5.74) is 0.702. The van der Waals surface area contributed by atoms with Gasteiger partial charge < -0.3 is 20.1 Å². The Morgan fingerprint density at radius 3 is 3.16 bits per heavy atom. The maximum absolute atomic E-state index is 12.0. The van der Waals surface area contributed by atoms with Gasteiger partial charge in [0.25, 0.3) is 0 Å². The van der Waals surface area contributed by atoms with Crippen molar-refractivity contribution in [2.75, 3.05) is 32.1 Å². The van der Waals surface area contributed by atoms with E-state index in [1.165, 1.54) is 0 Å². The molecule has 0 saturated carbocycles. The first kappa shape index (κ1) is 14.3. The Morgan fingerprint density at radius 2 is 2.47 bits per heavy atom. The van der Waals surface area contributed by atoms with E-state index in [1.807, 2.05) is 12.1 Å². The number of anilines is 1. The summed E-state index contributed by atoms with van der Waals surface area (Å²) in [6, 6.07) is 5.45. The van der Waals surface area contributed by atoms with Gasteiger partial charge in [-0.1, -0.05) is 0 Å². The number of ether oxygens (including phenoxy) is 2. The maximum Gasteiger partial charge on any atom is 0.227 e. The molecule has 104 valence electrons. The van der Waals surface area contributed by atoms with Gasteiger partial charge in [-0.15, -0.1) is 0 Å². The Balaban J connectivity index is 1.94. The van der Waals surface area contributed by atoms with Crippen molar-refractivity contribution in [1.29, 1.82) is 0 Å². The van der Waals surface area contributed by atoms with E-state index >= 15 is 0 Å². The number of morpholine rings is 1. The van der Waals surface area contributed by atoms with Gasteiger partial charge in [0.05, 0.1) is 31.9 Å². The van der Waals surface area contributed by atoms with Crippen LogP contribution in [0.4, 0.5) is 5.69 Å². The number of carbonyl (C=O) groups excluding carboxylic acids is 1. The normalized spacial score (nSPS) is 18.9. The van der Waals surface area contributed by atoms with Crippen LogP contribution in [0.15, 0.2) is 22.7 Å². The van der Waals surface area contributed by atoms with Crippen molar-refractivity contribution in [2.24, 2.45) is 0 Å². The summed E-state index contributed by atoms with van der Waals surface area (Å²) in [6.45, 7) is 2.22. The Hall–Kier alpha value is -1.11. The second-order valence-electron chi connectivity index (χ2n) is 4.30. The highest BCUT2D eigenvalue weighted by atomic mass is 79.9. The molecule has 0 spiro atoms. The number of hydrogen-bond acceptors (Lipinski definition) is 4. The largest absolute Gasteiger partial charge is 0.497 e. The lowest BCUT2D eigenvalue weighted by Gasteiger charge is -2.23. The number of methoxy groups -OCH3 is 1. The fraction of sp³-hybridized carbons (Fsp3) is 0.462. The molecule has 5 nitrogen and oxygen atoms in total. The summed E-state index contributed by atoms with van der Waals surface area (Å²) in [5, 5.41) is 6.06. The van der Waals surface area contributed by atoms with Gasteiger partial charge in [-0.3, -0.25) is 4.79 Å². The number of hydrogen-bond donors (Lipinski definition) is 2. The quantitative estimate of drug-likeness (QED) is 0.884. The first-order valence-corrected chi connectivity index (χ1v) is 6.94. The first-order chi connectivity index (χ1) is 9.19. The minimum atomic E-state index is -0.0670. The lowest BCUT2D eigenvalue weighted by Crippen LogP contribution is -2.40. The lowest BCUT2D eigenvalue weighted by atomic mass is 10.2. The molecule has 0 aromatic heterocycles. The zero-order valence-corrected chi connectivity index (χ0v) is 12.3. The van der Waals surface area contributed by atoms with Gasteiger partial charge in [0.1, 0.15) is 5.75 Å². The van der Waals surface area contributed by atoms with Crippen LogP contribution in [-0.4, -0.2) is 38.8 Å². The van der Waals surface area contributed by atoms with Crippen LogP contribution in [0.2, 0.25) is 0 Å². The molecule has 2 N–H and O–H groups in total. The van der Waals surface area contributed by atoms with Crippen LogP contribution in [0, 0.1) is 0 Å². The van der Waals surface area contributed by atoms with Crippen LogP contribution in [-0.2, 0) is 9.53 Å². The average Bonchev–Trinajstić information content (AvgIpc) is 2.42. The van der Waals surface area contributed by atoms with Crippen molar-refractivity contribution in [2.45, 2.75) is 12.5 Å². The third kappa shape index (κ3) is 4.19. The zero-order chi connectivity index (χ0) is 13.7. The molecule has 19 heavy (non-hydrogen) atoms. The second kappa shape index (κ2) is 6.88. The number of amides is 1. The number of rotatable bonds is 4. The molecule has 1 aromatic carbocycles. The highest BCUT2D eigenvalue weighted by molar-refractivity contribution is 9.10. The van der Waals surface area contributed by atoms with Gasteiger partial charge in [0, 0.05) is 23.6 Å². The molecule has 1 amide bonds. The molecule has 1 aliphatic rings. The molecule has 1 aromatic rings. The zero-order valence-electron chi connectivity index (χ0n) is 10.7. The SMILES string of the molecule is COc1ccc(Br)c(NC(=O)CC2CNCCO2)c1. The van der Waals surface area contributed by atoms with Crippen molar-refractivity contribution >= 4 is 27.5 Å².